The normalized spacial score (nSPS) is 13.1. The SMILES string of the molecule is CC(=O)OCC(=O)N[C@@H](C)C(=O)N[C@H](C(=O)OC(C)(C)C)c1ccccc1. The van der Waals surface area contributed by atoms with E-state index in [0.29, 0.717) is 5.56 Å². The van der Waals surface area contributed by atoms with E-state index in [0.717, 1.165) is 0 Å². The molecule has 8 heteroatoms. The number of benzene rings is 1. The van der Waals surface area contributed by atoms with Gasteiger partial charge in [-0.1, -0.05) is 30.3 Å². The van der Waals surface area contributed by atoms with Crippen molar-refractivity contribution in [3.63, 3.8) is 0 Å². The van der Waals surface area contributed by atoms with Crippen LogP contribution in [0, 0.1) is 0 Å². The first-order valence-electron chi connectivity index (χ1n) is 8.50. The van der Waals surface area contributed by atoms with Crippen LogP contribution in [0.2, 0.25) is 0 Å². The van der Waals surface area contributed by atoms with Crippen LogP contribution in [0.25, 0.3) is 0 Å². The van der Waals surface area contributed by atoms with Crippen LogP contribution in [0.15, 0.2) is 30.3 Å². The van der Waals surface area contributed by atoms with Crippen molar-refractivity contribution < 1.29 is 28.7 Å². The Balaban J connectivity index is 2.82. The van der Waals surface area contributed by atoms with Crippen LogP contribution in [-0.2, 0) is 28.7 Å². The van der Waals surface area contributed by atoms with Crippen LogP contribution in [0.4, 0.5) is 0 Å². The van der Waals surface area contributed by atoms with Gasteiger partial charge in [-0.2, -0.15) is 0 Å². The third-order valence-corrected chi connectivity index (χ3v) is 3.24. The predicted octanol–water partition coefficient (Wildman–Crippen LogP) is 1.25. The maximum Gasteiger partial charge on any atom is 0.333 e. The molecule has 0 aliphatic carbocycles. The first-order valence-corrected chi connectivity index (χ1v) is 8.50. The topological polar surface area (TPSA) is 111 Å². The van der Waals surface area contributed by atoms with Gasteiger partial charge in [-0.05, 0) is 33.3 Å². The number of amides is 2. The molecule has 0 saturated carbocycles. The smallest absolute Gasteiger partial charge is 0.333 e. The van der Waals surface area contributed by atoms with E-state index in [1.807, 2.05) is 0 Å². The molecule has 0 saturated heterocycles. The van der Waals surface area contributed by atoms with E-state index in [1.165, 1.54) is 13.8 Å². The van der Waals surface area contributed by atoms with Crippen LogP contribution >= 0.6 is 0 Å². The molecule has 0 aliphatic heterocycles. The van der Waals surface area contributed by atoms with Crippen molar-refractivity contribution in [2.45, 2.75) is 52.3 Å². The molecule has 1 aromatic carbocycles. The van der Waals surface area contributed by atoms with Crippen LogP contribution in [0.5, 0.6) is 0 Å². The van der Waals surface area contributed by atoms with Gasteiger partial charge >= 0.3 is 11.9 Å². The zero-order valence-corrected chi connectivity index (χ0v) is 16.2. The zero-order valence-electron chi connectivity index (χ0n) is 16.2. The summed E-state index contributed by atoms with van der Waals surface area (Å²) in [6.07, 6.45) is 0. The van der Waals surface area contributed by atoms with Crippen LogP contribution < -0.4 is 10.6 Å². The summed E-state index contributed by atoms with van der Waals surface area (Å²) in [5.74, 6) is -2.41. The largest absolute Gasteiger partial charge is 0.458 e. The molecule has 0 spiro atoms. The summed E-state index contributed by atoms with van der Waals surface area (Å²) in [7, 11) is 0. The second kappa shape index (κ2) is 9.70. The van der Waals surface area contributed by atoms with Crippen LogP contribution in [-0.4, -0.2) is 42.0 Å². The van der Waals surface area contributed by atoms with E-state index in [-0.39, 0.29) is 0 Å². The van der Waals surface area contributed by atoms with Crippen molar-refractivity contribution in [1.82, 2.24) is 10.6 Å². The van der Waals surface area contributed by atoms with E-state index >= 15 is 0 Å². The third-order valence-electron chi connectivity index (χ3n) is 3.24. The number of nitrogens with one attached hydrogen (secondary N) is 2. The van der Waals surface area contributed by atoms with Gasteiger partial charge in [0.25, 0.3) is 5.91 Å². The molecule has 8 nitrogen and oxygen atoms in total. The molecule has 0 aliphatic rings. The average Bonchev–Trinajstić information content (AvgIpc) is 2.56. The van der Waals surface area contributed by atoms with Crippen molar-refractivity contribution in [3.05, 3.63) is 35.9 Å². The molecular formula is C19H26N2O6. The van der Waals surface area contributed by atoms with Gasteiger partial charge < -0.3 is 20.1 Å². The van der Waals surface area contributed by atoms with Gasteiger partial charge in [0.15, 0.2) is 12.6 Å². The van der Waals surface area contributed by atoms with Gasteiger partial charge in [-0.25, -0.2) is 4.79 Å². The van der Waals surface area contributed by atoms with Crippen molar-refractivity contribution in [2.75, 3.05) is 6.61 Å². The molecule has 0 heterocycles. The fraction of sp³-hybridized carbons (Fsp3) is 0.474. The van der Waals surface area contributed by atoms with Gasteiger partial charge in [0.1, 0.15) is 11.6 Å². The quantitative estimate of drug-likeness (QED) is 0.691. The minimum atomic E-state index is -1.02. The first kappa shape index (κ1) is 22.1. The molecule has 2 N–H and O–H groups in total. The van der Waals surface area contributed by atoms with Gasteiger partial charge in [0.05, 0.1) is 0 Å². The summed E-state index contributed by atoms with van der Waals surface area (Å²) in [5, 5.41) is 4.99. The fourth-order valence-electron chi connectivity index (χ4n) is 2.07. The Morgan fingerprint density at radius 3 is 2.15 bits per heavy atom. The van der Waals surface area contributed by atoms with E-state index in [1.54, 1.807) is 51.1 Å². The maximum atomic E-state index is 12.5. The van der Waals surface area contributed by atoms with E-state index in [9.17, 15) is 19.2 Å². The van der Waals surface area contributed by atoms with Crippen molar-refractivity contribution >= 4 is 23.8 Å². The molecule has 2 atom stereocenters. The lowest BCUT2D eigenvalue weighted by atomic mass is 10.1. The molecule has 0 aromatic heterocycles. The van der Waals surface area contributed by atoms with Gasteiger partial charge in [0, 0.05) is 6.92 Å². The number of carbonyl (C=O) groups is 4. The molecule has 0 radical (unpaired) electrons. The maximum absolute atomic E-state index is 12.5. The summed E-state index contributed by atoms with van der Waals surface area (Å²) in [4.78, 5) is 47.4. The molecule has 148 valence electrons. The summed E-state index contributed by atoms with van der Waals surface area (Å²) < 4.78 is 9.95. The number of ether oxygens (including phenoxy) is 2. The predicted molar refractivity (Wildman–Crippen MR) is 97.4 cm³/mol. The first-order chi connectivity index (χ1) is 12.5. The minimum absolute atomic E-state index is 0.485. The van der Waals surface area contributed by atoms with Crippen LogP contribution in [0.1, 0.15) is 46.2 Å². The summed E-state index contributed by atoms with van der Waals surface area (Å²) in [6, 6.07) is 6.69. The molecule has 27 heavy (non-hydrogen) atoms. The Bertz CT molecular complexity index is 681. The number of rotatable bonds is 7. The number of carbonyl (C=O) groups excluding carboxylic acids is 4. The van der Waals surface area contributed by atoms with Crippen molar-refractivity contribution in [1.29, 1.82) is 0 Å². The standard InChI is InChI=1S/C19H26N2O6/c1-12(20-15(23)11-26-13(2)22)17(24)21-16(14-9-7-6-8-10-14)18(25)27-19(3,4)5/h6-10,12,16H,11H2,1-5H3,(H,20,23)(H,21,24)/t12-,16-/m0/s1. The Hall–Kier alpha value is -2.90. The second-order valence-corrected chi connectivity index (χ2v) is 6.96. The Labute approximate surface area is 158 Å². The number of hydrogen-bond donors (Lipinski definition) is 2. The Kier molecular flexibility index (Phi) is 7.96. The highest BCUT2D eigenvalue weighted by atomic mass is 16.6. The van der Waals surface area contributed by atoms with E-state index < -0.39 is 48.0 Å². The highest BCUT2D eigenvalue weighted by molar-refractivity contribution is 5.91. The number of hydrogen-bond acceptors (Lipinski definition) is 6. The molecule has 1 rings (SSSR count). The molecular weight excluding hydrogens is 352 g/mol. The highest BCUT2D eigenvalue weighted by Crippen LogP contribution is 2.18. The molecule has 0 bridgehead atoms. The second-order valence-electron chi connectivity index (χ2n) is 6.96. The molecule has 1 aromatic rings. The monoisotopic (exact) mass is 378 g/mol. The fourth-order valence-corrected chi connectivity index (χ4v) is 2.07. The van der Waals surface area contributed by atoms with E-state index in [2.05, 4.69) is 15.4 Å². The molecule has 2 amide bonds. The Morgan fingerprint density at radius 1 is 1.04 bits per heavy atom. The van der Waals surface area contributed by atoms with Gasteiger partial charge in [0.2, 0.25) is 5.91 Å². The van der Waals surface area contributed by atoms with Crippen molar-refractivity contribution in [3.8, 4) is 0 Å². The molecule has 0 unspecified atom stereocenters. The lowest BCUT2D eigenvalue weighted by Gasteiger charge is -2.25. The lowest BCUT2D eigenvalue weighted by molar-refractivity contribution is -0.159. The Morgan fingerprint density at radius 2 is 1.63 bits per heavy atom. The van der Waals surface area contributed by atoms with Gasteiger partial charge in [-0.15, -0.1) is 0 Å². The zero-order chi connectivity index (χ0) is 20.6. The van der Waals surface area contributed by atoms with E-state index in [4.69, 9.17) is 4.74 Å². The number of esters is 2. The van der Waals surface area contributed by atoms with Gasteiger partial charge in [-0.3, -0.25) is 14.4 Å². The van der Waals surface area contributed by atoms with Crippen LogP contribution in [0.3, 0.4) is 0 Å². The minimum Gasteiger partial charge on any atom is -0.458 e. The summed E-state index contributed by atoms with van der Waals surface area (Å²) in [6.45, 7) is 7.33. The third kappa shape index (κ3) is 8.35. The highest BCUT2D eigenvalue weighted by Gasteiger charge is 2.29. The average molecular weight is 378 g/mol. The summed E-state index contributed by atoms with van der Waals surface area (Å²) >= 11 is 0. The summed E-state index contributed by atoms with van der Waals surface area (Å²) in [5.41, 5.74) is -0.169. The molecule has 0 fully saturated rings. The van der Waals surface area contributed by atoms with Crippen molar-refractivity contribution in [2.24, 2.45) is 0 Å². The lowest BCUT2D eigenvalue weighted by Crippen LogP contribution is -2.48.